The zero-order valence-corrected chi connectivity index (χ0v) is 20.0. The van der Waals surface area contributed by atoms with Gasteiger partial charge in [0.25, 0.3) is 0 Å². The second kappa shape index (κ2) is 10.2. The lowest BCUT2D eigenvalue weighted by Gasteiger charge is -2.15. The van der Waals surface area contributed by atoms with Crippen molar-refractivity contribution in [2.24, 2.45) is 0 Å². The predicted molar refractivity (Wildman–Crippen MR) is 131 cm³/mol. The van der Waals surface area contributed by atoms with Crippen LogP contribution in [0.15, 0.2) is 59.1 Å². The van der Waals surface area contributed by atoms with Crippen LogP contribution in [-0.2, 0) is 0 Å². The van der Waals surface area contributed by atoms with Crippen molar-refractivity contribution in [1.29, 1.82) is 0 Å². The van der Waals surface area contributed by atoms with Crippen LogP contribution in [0.4, 0.5) is 21.9 Å². The standard InChI is InChI=1S/C23H20BrCl2N3O2/c1-3-27-23(31)29-21-11-14(24)4-9-20(21)28-16-6-8-18(19(26)12-16)22(30)17-7-5-15(25)10-13(17)2/h4-12,28H,3H2,1-2H3,(H2,27,29,31). The molecule has 0 unspecified atom stereocenters. The van der Waals surface area contributed by atoms with Crippen LogP contribution in [0.25, 0.3) is 0 Å². The first kappa shape index (κ1) is 23.1. The molecule has 0 heterocycles. The maximum absolute atomic E-state index is 12.9. The molecule has 0 saturated carbocycles. The first-order chi connectivity index (χ1) is 14.8. The van der Waals surface area contributed by atoms with Gasteiger partial charge in [-0.2, -0.15) is 0 Å². The van der Waals surface area contributed by atoms with E-state index >= 15 is 0 Å². The predicted octanol–water partition coefficient (Wildman–Crippen LogP) is 7.18. The fraction of sp³-hybridized carbons (Fsp3) is 0.130. The van der Waals surface area contributed by atoms with E-state index in [0.29, 0.717) is 44.8 Å². The number of carbonyl (C=O) groups excluding carboxylic acids is 2. The van der Waals surface area contributed by atoms with Crippen molar-refractivity contribution >= 4 is 68.0 Å². The summed E-state index contributed by atoms with van der Waals surface area (Å²) in [6.07, 6.45) is 0. The number of halogens is 3. The van der Waals surface area contributed by atoms with E-state index in [4.69, 9.17) is 23.2 Å². The first-order valence-electron chi connectivity index (χ1n) is 9.50. The maximum Gasteiger partial charge on any atom is 0.319 e. The third-order valence-corrected chi connectivity index (χ3v) is 5.53. The van der Waals surface area contributed by atoms with Gasteiger partial charge in [-0.05, 0) is 74.0 Å². The maximum atomic E-state index is 12.9. The quantitative estimate of drug-likeness (QED) is 0.301. The molecular weight excluding hydrogens is 501 g/mol. The second-order valence-corrected chi connectivity index (χ2v) is 8.54. The summed E-state index contributed by atoms with van der Waals surface area (Å²) >= 11 is 15.8. The summed E-state index contributed by atoms with van der Waals surface area (Å²) in [5.41, 5.74) is 3.68. The van der Waals surface area contributed by atoms with Gasteiger partial charge < -0.3 is 16.0 Å². The van der Waals surface area contributed by atoms with Crippen LogP contribution in [0.1, 0.15) is 28.4 Å². The molecule has 0 aliphatic rings. The average molecular weight is 521 g/mol. The highest BCUT2D eigenvalue weighted by molar-refractivity contribution is 9.10. The highest BCUT2D eigenvalue weighted by Crippen LogP contribution is 2.31. The molecule has 8 heteroatoms. The number of aryl methyl sites for hydroxylation is 1. The molecule has 3 rings (SSSR count). The number of ketones is 1. The van der Waals surface area contributed by atoms with Gasteiger partial charge in [-0.25, -0.2) is 4.79 Å². The molecule has 0 spiro atoms. The van der Waals surface area contributed by atoms with Gasteiger partial charge in [0.1, 0.15) is 0 Å². The summed E-state index contributed by atoms with van der Waals surface area (Å²) in [4.78, 5) is 24.9. The summed E-state index contributed by atoms with van der Waals surface area (Å²) < 4.78 is 0.821. The minimum atomic E-state index is -0.305. The smallest absolute Gasteiger partial charge is 0.319 e. The Morgan fingerprint density at radius 3 is 2.35 bits per heavy atom. The van der Waals surface area contributed by atoms with E-state index in [1.165, 1.54) is 0 Å². The number of urea groups is 1. The fourth-order valence-electron chi connectivity index (χ4n) is 3.02. The number of hydrogen-bond donors (Lipinski definition) is 3. The molecule has 0 radical (unpaired) electrons. The van der Waals surface area contributed by atoms with Crippen molar-refractivity contribution in [3.8, 4) is 0 Å². The van der Waals surface area contributed by atoms with Crippen molar-refractivity contribution in [3.05, 3.63) is 85.8 Å². The molecule has 0 aliphatic carbocycles. The van der Waals surface area contributed by atoms with Gasteiger partial charge in [0.15, 0.2) is 5.78 Å². The van der Waals surface area contributed by atoms with Crippen LogP contribution in [0.3, 0.4) is 0 Å². The molecule has 0 atom stereocenters. The number of benzene rings is 3. The summed E-state index contributed by atoms with van der Waals surface area (Å²) in [5, 5.41) is 9.64. The molecule has 3 aromatic rings. The number of carbonyl (C=O) groups is 2. The molecule has 0 aromatic heterocycles. The Labute approximate surface area is 199 Å². The Balaban J connectivity index is 1.85. The van der Waals surface area contributed by atoms with Crippen molar-refractivity contribution < 1.29 is 9.59 Å². The lowest BCUT2D eigenvalue weighted by atomic mass is 9.99. The van der Waals surface area contributed by atoms with Gasteiger partial charge in [0.2, 0.25) is 0 Å². The molecule has 0 fully saturated rings. The number of rotatable bonds is 6. The zero-order chi connectivity index (χ0) is 22.5. The number of amides is 2. The fourth-order valence-corrected chi connectivity index (χ4v) is 3.87. The molecule has 3 aromatic carbocycles. The summed E-state index contributed by atoms with van der Waals surface area (Å²) in [6.45, 7) is 4.19. The topological polar surface area (TPSA) is 70.2 Å². The lowest BCUT2D eigenvalue weighted by Crippen LogP contribution is -2.28. The Morgan fingerprint density at radius 1 is 0.935 bits per heavy atom. The molecule has 0 bridgehead atoms. The Hall–Kier alpha value is -2.54. The highest BCUT2D eigenvalue weighted by atomic mass is 79.9. The van der Waals surface area contributed by atoms with Crippen LogP contribution in [-0.4, -0.2) is 18.4 Å². The number of hydrogen-bond acceptors (Lipinski definition) is 3. The van der Waals surface area contributed by atoms with Crippen LogP contribution < -0.4 is 16.0 Å². The van der Waals surface area contributed by atoms with E-state index in [1.807, 2.05) is 26.0 Å². The Bertz CT molecular complexity index is 1150. The van der Waals surface area contributed by atoms with Gasteiger partial charge >= 0.3 is 6.03 Å². The van der Waals surface area contributed by atoms with Gasteiger partial charge in [0, 0.05) is 32.9 Å². The average Bonchev–Trinajstić information content (AvgIpc) is 2.70. The van der Waals surface area contributed by atoms with E-state index in [1.54, 1.807) is 42.5 Å². The summed E-state index contributed by atoms with van der Waals surface area (Å²) in [7, 11) is 0. The third-order valence-electron chi connectivity index (χ3n) is 4.49. The van der Waals surface area contributed by atoms with E-state index < -0.39 is 0 Å². The summed E-state index contributed by atoms with van der Waals surface area (Å²) in [5.74, 6) is -0.173. The SMILES string of the molecule is CCNC(=O)Nc1cc(Br)ccc1Nc1ccc(C(=O)c2ccc(Cl)cc2C)c(Cl)c1. The molecule has 0 saturated heterocycles. The van der Waals surface area contributed by atoms with Crippen molar-refractivity contribution in [1.82, 2.24) is 5.32 Å². The normalized spacial score (nSPS) is 10.5. The van der Waals surface area contributed by atoms with Gasteiger partial charge in [-0.15, -0.1) is 0 Å². The number of anilines is 3. The molecule has 160 valence electrons. The molecular formula is C23H20BrCl2N3O2. The van der Waals surface area contributed by atoms with Crippen molar-refractivity contribution in [2.45, 2.75) is 13.8 Å². The van der Waals surface area contributed by atoms with Gasteiger partial charge in [-0.3, -0.25) is 4.79 Å². The van der Waals surface area contributed by atoms with Crippen molar-refractivity contribution in [2.75, 3.05) is 17.2 Å². The lowest BCUT2D eigenvalue weighted by molar-refractivity contribution is 0.103. The minimum Gasteiger partial charge on any atom is -0.354 e. The molecule has 5 nitrogen and oxygen atoms in total. The zero-order valence-electron chi connectivity index (χ0n) is 16.9. The van der Waals surface area contributed by atoms with E-state index in [-0.39, 0.29) is 11.8 Å². The monoisotopic (exact) mass is 519 g/mol. The third kappa shape index (κ3) is 5.79. The van der Waals surface area contributed by atoms with Crippen molar-refractivity contribution in [3.63, 3.8) is 0 Å². The molecule has 0 aliphatic heterocycles. The minimum absolute atomic E-state index is 0.173. The van der Waals surface area contributed by atoms with Gasteiger partial charge in [-0.1, -0.05) is 39.1 Å². The van der Waals surface area contributed by atoms with Gasteiger partial charge in [0.05, 0.1) is 16.4 Å². The largest absolute Gasteiger partial charge is 0.354 e. The van der Waals surface area contributed by atoms with Crippen LogP contribution in [0.5, 0.6) is 0 Å². The highest BCUT2D eigenvalue weighted by Gasteiger charge is 2.16. The Morgan fingerprint density at radius 2 is 1.68 bits per heavy atom. The Kier molecular flexibility index (Phi) is 7.59. The molecule has 3 N–H and O–H groups in total. The van der Waals surface area contributed by atoms with E-state index in [2.05, 4.69) is 31.9 Å². The van der Waals surface area contributed by atoms with Crippen LogP contribution in [0, 0.1) is 6.92 Å². The molecule has 31 heavy (non-hydrogen) atoms. The number of nitrogens with one attached hydrogen (secondary N) is 3. The van der Waals surface area contributed by atoms with Crippen LogP contribution in [0.2, 0.25) is 10.0 Å². The van der Waals surface area contributed by atoms with Crippen LogP contribution >= 0.6 is 39.1 Å². The second-order valence-electron chi connectivity index (χ2n) is 6.78. The first-order valence-corrected chi connectivity index (χ1v) is 11.0. The molecule has 2 amide bonds. The van der Waals surface area contributed by atoms with E-state index in [9.17, 15) is 9.59 Å². The summed E-state index contributed by atoms with van der Waals surface area (Å²) in [6, 6.07) is 15.4. The van der Waals surface area contributed by atoms with E-state index in [0.717, 1.165) is 10.0 Å².